The maximum absolute atomic E-state index is 5.82. The van der Waals surface area contributed by atoms with Crippen molar-refractivity contribution >= 4 is 0 Å². The molecule has 0 saturated carbocycles. The third-order valence-electron chi connectivity index (χ3n) is 4.22. The van der Waals surface area contributed by atoms with Crippen molar-refractivity contribution in [3.8, 4) is 11.1 Å². The van der Waals surface area contributed by atoms with Crippen molar-refractivity contribution in [3.05, 3.63) is 40.8 Å². The van der Waals surface area contributed by atoms with Gasteiger partial charge >= 0.3 is 0 Å². The molecule has 1 heterocycles. The summed E-state index contributed by atoms with van der Waals surface area (Å²) in [4.78, 5) is 0. The fourth-order valence-electron chi connectivity index (χ4n) is 3.19. The zero-order chi connectivity index (χ0) is 13.4. The highest BCUT2D eigenvalue weighted by Crippen LogP contribution is 2.36. The summed E-state index contributed by atoms with van der Waals surface area (Å²) < 4.78 is 5.31. The molecule has 1 aromatic carbocycles. The summed E-state index contributed by atoms with van der Waals surface area (Å²) >= 11 is 0. The SMILES string of the molecule is Cc1noc(C)c1-c1cccc2c1CCC(CN)C2. The number of benzene rings is 1. The highest BCUT2D eigenvalue weighted by molar-refractivity contribution is 5.72. The summed E-state index contributed by atoms with van der Waals surface area (Å²) in [5.41, 5.74) is 12.2. The number of hydrogen-bond acceptors (Lipinski definition) is 3. The van der Waals surface area contributed by atoms with E-state index in [9.17, 15) is 0 Å². The van der Waals surface area contributed by atoms with Gasteiger partial charge in [0.15, 0.2) is 0 Å². The van der Waals surface area contributed by atoms with Gasteiger partial charge in [-0.05, 0) is 62.3 Å². The topological polar surface area (TPSA) is 52.0 Å². The second-order valence-corrected chi connectivity index (χ2v) is 5.49. The van der Waals surface area contributed by atoms with E-state index >= 15 is 0 Å². The third-order valence-corrected chi connectivity index (χ3v) is 4.22. The van der Waals surface area contributed by atoms with Crippen LogP contribution in [-0.4, -0.2) is 11.7 Å². The summed E-state index contributed by atoms with van der Waals surface area (Å²) in [6, 6.07) is 6.56. The lowest BCUT2D eigenvalue weighted by atomic mass is 9.80. The zero-order valence-corrected chi connectivity index (χ0v) is 11.6. The molecular weight excluding hydrogens is 236 g/mol. The smallest absolute Gasteiger partial charge is 0.141 e. The van der Waals surface area contributed by atoms with Gasteiger partial charge in [-0.15, -0.1) is 0 Å². The van der Waals surface area contributed by atoms with E-state index in [1.807, 2.05) is 13.8 Å². The number of rotatable bonds is 2. The Morgan fingerprint density at radius 2 is 2.21 bits per heavy atom. The van der Waals surface area contributed by atoms with Gasteiger partial charge in [0.25, 0.3) is 0 Å². The lowest BCUT2D eigenvalue weighted by Gasteiger charge is -2.25. The van der Waals surface area contributed by atoms with Gasteiger partial charge in [0.1, 0.15) is 5.76 Å². The third kappa shape index (κ3) is 2.08. The normalized spacial score (nSPS) is 18.4. The molecular formula is C16H20N2O. The second kappa shape index (κ2) is 4.82. The minimum absolute atomic E-state index is 0.632. The standard InChI is InChI=1S/C16H20N2O/c1-10-16(11(2)19-18-10)15-5-3-4-13-8-12(9-17)6-7-14(13)15/h3-5,12H,6-9,17H2,1-2H3. The van der Waals surface area contributed by atoms with Crippen molar-refractivity contribution in [2.75, 3.05) is 6.54 Å². The van der Waals surface area contributed by atoms with Crippen LogP contribution < -0.4 is 5.73 Å². The molecule has 100 valence electrons. The van der Waals surface area contributed by atoms with Gasteiger partial charge in [-0.25, -0.2) is 0 Å². The van der Waals surface area contributed by atoms with E-state index in [1.165, 1.54) is 28.7 Å². The predicted molar refractivity (Wildman–Crippen MR) is 76.0 cm³/mol. The summed E-state index contributed by atoms with van der Waals surface area (Å²) in [6.45, 7) is 4.78. The molecule has 3 heteroatoms. The quantitative estimate of drug-likeness (QED) is 0.898. The first-order valence-corrected chi connectivity index (χ1v) is 6.94. The van der Waals surface area contributed by atoms with E-state index in [1.54, 1.807) is 0 Å². The van der Waals surface area contributed by atoms with Gasteiger partial charge in [-0.1, -0.05) is 23.4 Å². The highest BCUT2D eigenvalue weighted by Gasteiger charge is 2.22. The lowest BCUT2D eigenvalue weighted by Crippen LogP contribution is -2.22. The molecule has 0 fully saturated rings. The first-order valence-electron chi connectivity index (χ1n) is 6.94. The van der Waals surface area contributed by atoms with E-state index in [2.05, 4.69) is 23.4 Å². The largest absolute Gasteiger partial charge is 0.361 e. The number of hydrogen-bond donors (Lipinski definition) is 1. The Morgan fingerprint density at radius 1 is 1.37 bits per heavy atom. The summed E-state index contributed by atoms with van der Waals surface area (Å²) in [5, 5.41) is 4.08. The molecule has 2 N–H and O–H groups in total. The van der Waals surface area contributed by atoms with Gasteiger partial charge in [0.2, 0.25) is 0 Å². The van der Waals surface area contributed by atoms with Crippen LogP contribution in [0.3, 0.4) is 0 Å². The van der Waals surface area contributed by atoms with Gasteiger partial charge < -0.3 is 10.3 Å². The van der Waals surface area contributed by atoms with Crippen molar-refractivity contribution in [2.24, 2.45) is 11.7 Å². The molecule has 1 atom stereocenters. The van der Waals surface area contributed by atoms with Crippen LogP contribution in [0, 0.1) is 19.8 Å². The molecule has 0 bridgehead atoms. The first-order chi connectivity index (χ1) is 9.20. The Balaban J connectivity index is 2.10. The van der Waals surface area contributed by atoms with Crippen LogP contribution in [0.2, 0.25) is 0 Å². The maximum Gasteiger partial charge on any atom is 0.141 e. The Kier molecular flexibility index (Phi) is 3.15. The van der Waals surface area contributed by atoms with Crippen LogP contribution in [0.15, 0.2) is 22.7 Å². The van der Waals surface area contributed by atoms with Crippen molar-refractivity contribution in [2.45, 2.75) is 33.1 Å². The van der Waals surface area contributed by atoms with E-state index in [0.717, 1.165) is 30.8 Å². The van der Waals surface area contributed by atoms with E-state index in [0.29, 0.717) is 5.92 Å². The van der Waals surface area contributed by atoms with Gasteiger partial charge in [0.05, 0.1) is 5.69 Å². The number of nitrogens with two attached hydrogens (primary N) is 1. The minimum Gasteiger partial charge on any atom is -0.361 e. The molecule has 1 aromatic heterocycles. The molecule has 1 aliphatic rings. The number of aromatic nitrogens is 1. The molecule has 0 amide bonds. The van der Waals surface area contributed by atoms with Crippen LogP contribution in [0.5, 0.6) is 0 Å². The van der Waals surface area contributed by atoms with Crippen molar-refractivity contribution < 1.29 is 4.52 Å². The number of nitrogens with zero attached hydrogens (tertiary/aromatic N) is 1. The summed E-state index contributed by atoms with van der Waals surface area (Å²) in [6.07, 6.45) is 3.39. The average molecular weight is 256 g/mol. The van der Waals surface area contributed by atoms with Crippen molar-refractivity contribution in [1.82, 2.24) is 5.16 Å². The van der Waals surface area contributed by atoms with Crippen LogP contribution in [0.25, 0.3) is 11.1 Å². The summed E-state index contributed by atoms with van der Waals surface area (Å²) in [5.74, 6) is 1.54. The van der Waals surface area contributed by atoms with Crippen LogP contribution in [-0.2, 0) is 12.8 Å². The minimum atomic E-state index is 0.632. The van der Waals surface area contributed by atoms with E-state index < -0.39 is 0 Å². The zero-order valence-electron chi connectivity index (χ0n) is 11.6. The number of fused-ring (bicyclic) bond motifs is 1. The highest BCUT2D eigenvalue weighted by atomic mass is 16.5. The summed E-state index contributed by atoms with van der Waals surface area (Å²) in [7, 11) is 0. The molecule has 3 rings (SSSR count). The molecule has 1 aliphatic carbocycles. The molecule has 3 nitrogen and oxygen atoms in total. The Bertz CT molecular complexity index is 581. The second-order valence-electron chi connectivity index (χ2n) is 5.49. The first kappa shape index (κ1) is 12.4. The molecule has 2 aromatic rings. The molecule has 0 spiro atoms. The molecule has 0 aliphatic heterocycles. The molecule has 19 heavy (non-hydrogen) atoms. The lowest BCUT2D eigenvalue weighted by molar-refractivity contribution is 0.393. The predicted octanol–water partition coefficient (Wildman–Crippen LogP) is 3.02. The Morgan fingerprint density at radius 3 is 2.89 bits per heavy atom. The van der Waals surface area contributed by atoms with E-state index in [4.69, 9.17) is 10.3 Å². The average Bonchev–Trinajstić information content (AvgIpc) is 2.77. The molecule has 1 unspecified atom stereocenters. The monoisotopic (exact) mass is 256 g/mol. The van der Waals surface area contributed by atoms with Gasteiger partial charge in [-0.2, -0.15) is 0 Å². The van der Waals surface area contributed by atoms with Crippen LogP contribution >= 0.6 is 0 Å². The van der Waals surface area contributed by atoms with Crippen LogP contribution in [0.1, 0.15) is 29.0 Å². The van der Waals surface area contributed by atoms with E-state index in [-0.39, 0.29) is 0 Å². The van der Waals surface area contributed by atoms with Gasteiger partial charge in [-0.3, -0.25) is 0 Å². The fourth-order valence-corrected chi connectivity index (χ4v) is 3.19. The number of aryl methyl sites for hydroxylation is 2. The van der Waals surface area contributed by atoms with Crippen molar-refractivity contribution in [1.29, 1.82) is 0 Å². The Labute approximate surface area is 113 Å². The van der Waals surface area contributed by atoms with Crippen LogP contribution in [0.4, 0.5) is 0 Å². The van der Waals surface area contributed by atoms with Gasteiger partial charge in [0, 0.05) is 5.56 Å². The van der Waals surface area contributed by atoms with Crippen molar-refractivity contribution in [3.63, 3.8) is 0 Å². The Hall–Kier alpha value is -1.61. The molecule has 0 saturated heterocycles. The molecule has 0 radical (unpaired) electrons. The fraction of sp³-hybridized carbons (Fsp3) is 0.438. The maximum atomic E-state index is 5.82.